The van der Waals surface area contributed by atoms with Gasteiger partial charge in [-0.2, -0.15) is 9.29 Å². The van der Waals surface area contributed by atoms with E-state index in [1.807, 2.05) is 20.8 Å². The summed E-state index contributed by atoms with van der Waals surface area (Å²) in [6.45, 7) is 6.32. The first-order valence-corrected chi connectivity index (χ1v) is 11.3. The minimum Gasteiger partial charge on any atom is -0.354 e. The van der Waals surface area contributed by atoms with Crippen molar-refractivity contribution < 1.29 is 17.7 Å². The summed E-state index contributed by atoms with van der Waals surface area (Å²) in [5.41, 5.74) is 0.619. The van der Waals surface area contributed by atoms with E-state index in [1.54, 1.807) is 11.4 Å². The molecule has 1 amide bonds. The Kier molecular flexibility index (Phi) is 5.97. The number of aromatic nitrogens is 2. The highest BCUT2D eigenvalue weighted by atomic mass is 32.2. The molecule has 0 aromatic carbocycles. The van der Waals surface area contributed by atoms with E-state index in [1.165, 1.54) is 4.31 Å². The first-order chi connectivity index (χ1) is 12.8. The van der Waals surface area contributed by atoms with Crippen LogP contribution < -0.4 is 5.32 Å². The number of carbonyl (C=O) groups is 1. The van der Waals surface area contributed by atoms with Gasteiger partial charge in [-0.1, -0.05) is 12.1 Å². The topological polar surface area (TPSA) is 105 Å². The first kappa shape index (κ1) is 20.0. The lowest BCUT2D eigenvalue weighted by molar-refractivity contribution is -0.126. The molecule has 148 valence electrons. The highest BCUT2D eigenvalue weighted by molar-refractivity contribution is 7.91. The number of piperidine rings is 1. The molecule has 3 rings (SSSR count). The largest absolute Gasteiger partial charge is 0.354 e. The van der Waals surface area contributed by atoms with Crippen molar-refractivity contribution in [3.05, 3.63) is 17.3 Å². The maximum Gasteiger partial charge on any atom is 0.252 e. The van der Waals surface area contributed by atoms with Gasteiger partial charge in [0, 0.05) is 36.5 Å². The van der Waals surface area contributed by atoms with Gasteiger partial charge in [-0.05, 0) is 32.8 Å². The molecule has 8 nitrogen and oxygen atoms in total. The number of amides is 1. The van der Waals surface area contributed by atoms with Crippen molar-refractivity contribution in [3.8, 4) is 11.4 Å². The molecule has 1 atom stereocenters. The van der Waals surface area contributed by atoms with Crippen molar-refractivity contribution in [2.45, 2.75) is 50.3 Å². The summed E-state index contributed by atoms with van der Waals surface area (Å²) in [4.78, 5) is 16.5. The average Bonchev–Trinajstić information content (AvgIpc) is 3.30. The summed E-state index contributed by atoms with van der Waals surface area (Å²) >= 11 is 1.13. The Balaban J connectivity index is 1.77. The molecule has 2 aromatic rings. The number of hydrogen-bond donors (Lipinski definition) is 1. The van der Waals surface area contributed by atoms with Crippen molar-refractivity contribution in [3.63, 3.8) is 0 Å². The average molecular weight is 413 g/mol. The number of hydrogen-bond acceptors (Lipinski definition) is 7. The second-order valence-corrected chi connectivity index (χ2v) is 9.96. The summed E-state index contributed by atoms with van der Waals surface area (Å²) in [6, 6.07) is 1.61. The molecular formula is C17H24N4O4S2. The van der Waals surface area contributed by atoms with Crippen LogP contribution in [0.2, 0.25) is 0 Å². The van der Waals surface area contributed by atoms with E-state index in [2.05, 4.69) is 15.5 Å². The van der Waals surface area contributed by atoms with Gasteiger partial charge in [0.05, 0.1) is 5.92 Å². The van der Waals surface area contributed by atoms with Crippen LogP contribution >= 0.6 is 11.3 Å². The Bertz CT molecular complexity index is 904. The molecule has 0 radical (unpaired) electrons. The maximum absolute atomic E-state index is 13.0. The second kappa shape index (κ2) is 8.07. The van der Waals surface area contributed by atoms with E-state index in [-0.39, 0.29) is 28.6 Å². The van der Waals surface area contributed by atoms with Gasteiger partial charge in [-0.25, -0.2) is 8.42 Å². The predicted octanol–water partition coefficient (Wildman–Crippen LogP) is 2.29. The third kappa shape index (κ3) is 4.39. The molecule has 10 heteroatoms. The standard InChI is InChI=1S/C17H24N4O4S2/c1-4-14-19-16(20-25-14)13-8-15(26-10-13)27(23,24)21-7-5-6-12(9-21)17(22)18-11(2)3/h8,10-12H,4-7,9H2,1-3H3,(H,18,22)/t12-/m1/s1. The number of thiophene rings is 1. The lowest BCUT2D eigenvalue weighted by Crippen LogP contribution is -2.46. The van der Waals surface area contributed by atoms with Gasteiger partial charge < -0.3 is 9.84 Å². The molecule has 1 aliphatic rings. The van der Waals surface area contributed by atoms with Crippen molar-refractivity contribution in [1.29, 1.82) is 0 Å². The number of carbonyl (C=O) groups excluding carboxylic acids is 1. The molecule has 0 bridgehead atoms. The zero-order chi connectivity index (χ0) is 19.6. The Labute approximate surface area is 163 Å². The number of nitrogens with zero attached hydrogens (tertiary/aromatic N) is 3. The second-order valence-electron chi connectivity index (χ2n) is 6.89. The monoisotopic (exact) mass is 412 g/mol. The molecule has 27 heavy (non-hydrogen) atoms. The predicted molar refractivity (Wildman–Crippen MR) is 102 cm³/mol. The maximum atomic E-state index is 13.0. The zero-order valence-corrected chi connectivity index (χ0v) is 17.3. The molecule has 3 heterocycles. The van der Waals surface area contributed by atoms with Crippen LogP contribution in [0.1, 0.15) is 39.5 Å². The number of aryl methyl sites for hydroxylation is 1. The van der Waals surface area contributed by atoms with E-state index in [0.717, 1.165) is 11.3 Å². The van der Waals surface area contributed by atoms with Gasteiger partial charge in [0.15, 0.2) is 0 Å². The summed E-state index contributed by atoms with van der Waals surface area (Å²) in [7, 11) is -3.66. The van der Waals surface area contributed by atoms with Gasteiger partial charge in [-0.3, -0.25) is 4.79 Å². The molecule has 0 saturated carbocycles. The van der Waals surface area contributed by atoms with Crippen LogP contribution in [0.4, 0.5) is 0 Å². The third-order valence-electron chi connectivity index (χ3n) is 4.38. The van der Waals surface area contributed by atoms with E-state index >= 15 is 0 Å². The SMILES string of the molecule is CCc1nc(-c2csc(S(=O)(=O)N3CCC[C@@H](C(=O)NC(C)C)C3)c2)no1. The van der Waals surface area contributed by atoms with Gasteiger partial charge >= 0.3 is 0 Å². The van der Waals surface area contributed by atoms with Crippen molar-refractivity contribution in [1.82, 2.24) is 19.8 Å². The molecule has 1 aliphatic heterocycles. The van der Waals surface area contributed by atoms with E-state index in [0.29, 0.717) is 43.1 Å². The lowest BCUT2D eigenvalue weighted by atomic mass is 9.98. The van der Waals surface area contributed by atoms with Crippen LogP contribution in [-0.4, -0.2) is 47.9 Å². The lowest BCUT2D eigenvalue weighted by Gasteiger charge is -2.31. The van der Waals surface area contributed by atoms with Gasteiger partial charge in [0.25, 0.3) is 10.0 Å². The Hall–Kier alpha value is -1.78. The van der Waals surface area contributed by atoms with Crippen molar-refractivity contribution in [2.24, 2.45) is 5.92 Å². The molecular weight excluding hydrogens is 388 g/mol. The first-order valence-electron chi connectivity index (χ1n) is 9.03. The molecule has 0 unspecified atom stereocenters. The third-order valence-corrected chi connectivity index (χ3v) is 7.66. The molecule has 0 spiro atoms. The smallest absolute Gasteiger partial charge is 0.252 e. The summed E-state index contributed by atoms with van der Waals surface area (Å²) < 4.78 is 32.8. The summed E-state index contributed by atoms with van der Waals surface area (Å²) in [6.07, 6.45) is 1.98. The van der Waals surface area contributed by atoms with Crippen molar-refractivity contribution >= 4 is 27.3 Å². The number of sulfonamides is 1. The zero-order valence-electron chi connectivity index (χ0n) is 15.6. The Morgan fingerprint density at radius 3 is 2.93 bits per heavy atom. The molecule has 1 saturated heterocycles. The van der Waals surface area contributed by atoms with Crippen LogP contribution in [0.3, 0.4) is 0 Å². The quantitative estimate of drug-likeness (QED) is 0.780. The minimum absolute atomic E-state index is 0.0345. The van der Waals surface area contributed by atoms with E-state index < -0.39 is 10.0 Å². The summed E-state index contributed by atoms with van der Waals surface area (Å²) in [5, 5.41) is 8.47. The number of rotatable bonds is 6. The summed E-state index contributed by atoms with van der Waals surface area (Å²) in [5.74, 6) is 0.489. The minimum atomic E-state index is -3.66. The van der Waals surface area contributed by atoms with Crippen LogP contribution in [-0.2, 0) is 21.2 Å². The van der Waals surface area contributed by atoms with Gasteiger partial charge in [0.2, 0.25) is 17.6 Å². The molecule has 2 aromatic heterocycles. The Morgan fingerprint density at radius 1 is 1.48 bits per heavy atom. The highest BCUT2D eigenvalue weighted by Gasteiger charge is 2.34. The number of nitrogens with one attached hydrogen (secondary N) is 1. The molecule has 1 fully saturated rings. The fourth-order valence-corrected chi connectivity index (χ4v) is 5.82. The Morgan fingerprint density at radius 2 is 2.26 bits per heavy atom. The van der Waals surface area contributed by atoms with Crippen LogP contribution in [0, 0.1) is 5.92 Å². The van der Waals surface area contributed by atoms with Crippen LogP contribution in [0.15, 0.2) is 20.2 Å². The van der Waals surface area contributed by atoms with Crippen LogP contribution in [0.5, 0.6) is 0 Å². The van der Waals surface area contributed by atoms with E-state index in [9.17, 15) is 13.2 Å². The van der Waals surface area contributed by atoms with E-state index in [4.69, 9.17) is 4.52 Å². The fraction of sp³-hybridized carbons (Fsp3) is 0.588. The molecule has 0 aliphatic carbocycles. The van der Waals surface area contributed by atoms with Gasteiger partial charge in [0.1, 0.15) is 4.21 Å². The normalized spacial score (nSPS) is 18.7. The van der Waals surface area contributed by atoms with Gasteiger partial charge in [-0.15, -0.1) is 11.3 Å². The highest BCUT2D eigenvalue weighted by Crippen LogP contribution is 2.31. The fourth-order valence-electron chi connectivity index (χ4n) is 2.99. The van der Waals surface area contributed by atoms with Crippen molar-refractivity contribution in [2.75, 3.05) is 13.1 Å². The van der Waals surface area contributed by atoms with Crippen LogP contribution in [0.25, 0.3) is 11.4 Å². The molecule has 1 N–H and O–H groups in total.